The first-order valence-electron chi connectivity index (χ1n) is 3.01. The van der Waals surface area contributed by atoms with Gasteiger partial charge in [-0.05, 0) is 13.0 Å². The van der Waals surface area contributed by atoms with E-state index in [0.29, 0.717) is 0 Å². The van der Waals surface area contributed by atoms with Crippen molar-refractivity contribution in [1.29, 1.82) is 0 Å². The zero-order chi connectivity index (χ0) is 7.56. The Morgan fingerprint density at radius 2 is 2.40 bits per heavy atom. The molecule has 10 heavy (non-hydrogen) atoms. The van der Waals surface area contributed by atoms with E-state index in [2.05, 4.69) is 5.32 Å². The van der Waals surface area contributed by atoms with Crippen molar-refractivity contribution in [3.05, 3.63) is 17.0 Å². The van der Waals surface area contributed by atoms with Crippen LogP contribution in [0.1, 0.15) is 17.3 Å². The highest BCUT2D eigenvalue weighted by molar-refractivity contribution is 7.14. The van der Waals surface area contributed by atoms with Gasteiger partial charge in [0.25, 0.3) is 0 Å². The molecule has 0 amide bonds. The van der Waals surface area contributed by atoms with Gasteiger partial charge in [-0.25, -0.2) is 0 Å². The molecule has 1 N–H and O–H groups in total. The number of thiophene rings is 1. The molecule has 0 bridgehead atoms. The van der Waals surface area contributed by atoms with Gasteiger partial charge >= 0.3 is 0 Å². The highest BCUT2D eigenvalue weighted by atomic mass is 32.1. The molecule has 0 aliphatic rings. The topological polar surface area (TPSA) is 29.1 Å². The molecule has 54 valence electrons. The summed E-state index contributed by atoms with van der Waals surface area (Å²) in [7, 11) is 1.84. The number of carbonyl (C=O) groups is 1. The fraction of sp³-hybridized carbons (Fsp3) is 0.286. The predicted octanol–water partition coefficient (Wildman–Crippen LogP) is 1.99. The number of carbonyl (C=O) groups excluding carboxylic acids is 1. The molecule has 1 rings (SSSR count). The molecular weight excluding hydrogens is 146 g/mol. The quantitative estimate of drug-likeness (QED) is 0.662. The van der Waals surface area contributed by atoms with Crippen LogP contribution in [0.3, 0.4) is 0 Å². The fourth-order valence-corrected chi connectivity index (χ4v) is 1.45. The van der Waals surface area contributed by atoms with Crippen molar-refractivity contribution in [2.45, 2.75) is 6.92 Å². The van der Waals surface area contributed by atoms with Crippen LogP contribution in [0.15, 0.2) is 11.4 Å². The largest absolute Gasteiger partial charge is 0.380 e. The SMILES string of the molecule is CNc1cc(C(C)=O)cs1. The Hall–Kier alpha value is -0.830. The summed E-state index contributed by atoms with van der Waals surface area (Å²) in [5, 5.41) is 5.86. The highest BCUT2D eigenvalue weighted by Crippen LogP contribution is 2.19. The summed E-state index contributed by atoms with van der Waals surface area (Å²) in [5.41, 5.74) is 0.786. The molecule has 1 heterocycles. The number of hydrogen-bond donors (Lipinski definition) is 1. The summed E-state index contributed by atoms with van der Waals surface area (Å²) < 4.78 is 0. The standard InChI is InChI=1S/C7H9NOS/c1-5(9)6-3-7(8-2)10-4-6/h3-4,8H,1-2H3. The van der Waals surface area contributed by atoms with Crippen LogP contribution in [-0.4, -0.2) is 12.8 Å². The number of hydrogen-bond acceptors (Lipinski definition) is 3. The average Bonchev–Trinajstić information content (AvgIpc) is 2.34. The second-order valence-corrected chi connectivity index (χ2v) is 2.92. The van der Waals surface area contributed by atoms with E-state index in [1.165, 1.54) is 0 Å². The Labute approximate surface area is 63.9 Å². The van der Waals surface area contributed by atoms with E-state index < -0.39 is 0 Å². The molecule has 0 aromatic carbocycles. The Morgan fingerprint density at radius 3 is 2.70 bits per heavy atom. The van der Waals surface area contributed by atoms with E-state index in [4.69, 9.17) is 0 Å². The molecule has 0 unspecified atom stereocenters. The Morgan fingerprint density at radius 1 is 1.70 bits per heavy atom. The van der Waals surface area contributed by atoms with Crippen molar-refractivity contribution in [3.63, 3.8) is 0 Å². The van der Waals surface area contributed by atoms with Crippen molar-refractivity contribution >= 4 is 22.1 Å². The lowest BCUT2D eigenvalue weighted by Gasteiger charge is -1.87. The minimum Gasteiger partial charge on any atom is -0.380 e. The minimum absolute atomic E-state index is 0.123. The Bertz CT molecular complexity index is 242. The van der Waals surface area contributed by atoms with Crippen LogP contribution in [0.2, 0.25) is 0 Å². The molecule has 0 fully saturated rings. The van der Waals surface area contributed by atoms with Gasteiger partial charge in [-0.1, -0.05) is 0 Å². The molecule has 1 aromatic rings. The molecule has 0 atom stereocenters. The van der Waals surface area contributed by atoms with Crippen LogP contribution in [0.5, 0.6) is 0 Å². The molecule has 0 aliphatic heterocycles. The first kappa shape index (κ1) is 7.28. The normalized spacial score (nSPS) is 9.40. The lowest BCUT2D eigenvalue weighted by Crippen LogP contribution is -1.87. The van der Waals surface area contributed by atoms with Crippen LogP contribution in [0.4, 0.5) is 5.00 Å². The molecule has 0 radical (unpaired) electrons. The van der Waals surface area contributed by atoms with E-state index in [9.17, 15) is 4.79 Å². The summed E-state index contributed by atoms with van der Waals surface area (Å²) in [6.45, 7) is 1.57. The zero-order valence-corrected chi connectivity index (χ0v) is 6.79. The van der Waals surface area contributed by atoms with Gasteiger partial charge < -0.3 is 5.32 Å². The summed E-state index contributed by atoms with van der Waals surface area (Å²) in [6, 6.07) is 1.85. The van der Waals surface area contributed by atoms with Crippen molar-refractivity contribution in [1.82, 2.24) is 0 Å². The van der Waals surface area contributed by atoms with Gasteiger partial charge in [0.2, 0.25) is 0 Å². The van der Waals surface area contributed by atoms with Gasteiger partial charge in [0.15, 0.2) is 5.78 Å². The summed E-state index contributed by atoms with van der Waals surface area (Å²) in [6.07, 6.45) is 0. The van der Waals surface area contributed by atoms with Crippen molar-refractivity contribution in [3.8, 4) is 0 Å². The summed E-state index contributed by atoms with van der Waals surface area (Å²) in [4.78, 5) is 10.8. The maximum Gasteiger partial charge on any atom is 0.160 e. The molecule has 1 aromatic heterocycles. The van der Waals surface area contributed by atoms with E-state index in [0.717, 1.165) is 10.6 Å². The predicted molar refractivity (Wildman–Crippen MR) is 43.9 cm³/mol. The lowest BCUT2D eigenvalue weighted by atomic mass is 10.2. The van der Waals surface area contributed by atoms with E-state index in [1.54, 1.807) is 18.3 Å². The van der Waals surface area contributed by atoms with Gasteiger partial charge in [0.05, 0.1) is 5.00 Å². The van der Waals surface area contributed by atoms with Crippen LogP contribution in [-0.2, 0) is 0 Å². The van der Waals surface area contributed by atoms with Gasteiger partial charge in [0.1, 0.15) is 0 Å². The zero-order valence-electron chi connectivity index (χ0n) is 5.97. The van der Waals surface area contributed by atoms with E-state index in [1.807, 2.05) is 18.5 Å². The van der Waals surface area contributed by atoms with Crippen LogP contribution in [0.25, 0.3) is 0 Å². The second kappa shape index (κ2) is 2.84. The number of Topliss-reactive ketones (excluding diaryl/α,β-unsaturated/α-hetero) is 1. The molecule has 2 nitrogen and oxygen atoms in total. The van der Waals surface area contributed by atoms with Crippen molar-refractivity contribution < 1.29 is 4.79 Å². The number of rotatable bonds is 2. The van der Waals surface area contributed by atoms with Crippen LogP contribution < -0.4 is 5.32 Å². The first-order valence-corrected chi connectivity index (χ1v) is 3.89. The van der Waals surface area contributed by atoms with E-state index >= 15 is 0 Å². The van der Waals surface area contributed by atoms with Gasteiger partial charge in [-0.2, -0.15) is 0 Å². The molecule has 0 aliphatic carbocycles. The average molecular weight is 155 g/mol. The maximum absolute atomic E-state index is 10.8. The number of anilines is 1. The van der Waals surface area contributed by atoms with Crippen LogP contribution >= 0.6 is 11.3 Å². The third kappa shape index (κ3) is 1.36. The highest BCUT2D eigenvalue weighted by Gasteiger charge is 2.00. The van der Waals surface area contributed by atoms with E-state index in [-0.39, 0.29) is 5.78 Å². The molecule has 0 spiro atoms. The Kier molecular flexibility index (Phi) is 2.06. The monoisotopic (exact) mass is 155 g/mol. The van der Waals surface area contributed by atoms with Crippen molar-refractivity contribution in [2.75, 3.05) is 12.4 Å². The summed E-state index contributed by atoms with van der Waals surface area (Å²) in [5.74, 6) is 0.123. The fourth-order valence-electron chi connectivity index (χ4n) is 0.652. The van der Waals surface area contributed by atoms with Gasteiger partial charge in [-0.15, -0.1) is 11.3 Å². The van der Waals surface area contributed by atoms with Crippen LogP contribution in [0, 0.1) is 0 Å². The molecule has 3 heteroatoms. The van der Waals surface area contributed by atoms with Gasteiger partial charge in [-0.3, -0.25) is 4.79 Å². The third-order valence-corrected chi connectivity index (χ3v) is 2.20. The number of nitrogens with one attached hydrogen (secondary N) is 1. The van der Waals surface area contributed by atoms with Gasteiger partial charge in [0, 0.05) is 18.0 Å². The summed E-state index contributed by atoms with van der Waals surface area (Å²) >= 11 is 1.55. The first-order chi connectivity index (χ1) is 4.74. The molecule has 0 saturated carbocycles. The smallest absolute Gasteiger partial charge is 0.160 e. The number of ketones is 1. The Balaban J connectivity index is 2.88. The molecule has 0 saturated heterocycles. The van der Waals surface area contributed by atoms with Crippen molar-refractivity contribution in [2.24, 2.45) is 0 Å². The second-order valence-electron chi connectivity index (χ2n) is 2.01. The lowest BCUT2D eigenvalue weighted by molar-refractivity contribution is 0.101. The minimum atomic E-state index is 0.123. The maximum atomic E-state index is 10.8. The molecular formula is C7H9NOS. The third-order valence-electron chi connectivity index (χ3n) is 1.25.